The van der Waals surface area contributed by atoms with Crippen molar-refractivity contribution >= 4 is 48.5 Å². The van der Waals surface area contributed by atoms with E-state index in [2.05, 4.69) is 52.4 Å². The van der Waals surface area contributed by atoms with Crippen LogP contribution in [0.4, 0.5) is 16.2 Å². The summed E-state index contributed by atoms with van der Waals surface area (Å²) in [6, 6.07) is 32.2. The van der Waals surface area contributed by atoms with E-state index in [-0.39, 0.29) is 35.3 Å². The average Bonchev–Trinajstić information content (AvgIpc) is 3.27. The number of para-hydroxylation sites is 1. The molecule has 6 rings (SSSR count). The largest absolute Gasteiger partial charge is 0.506 e. The number of aromatic amines is 1. The van der Waals surface area contributed by atoms with Crippen LogP contribution in [0, 0.1) is 0 Å². The Bertz CT molecular complexity index is 2330. The Kier molecular flexibility index (Phi) is 18.7. The molecule has 1 aliphatic rings. The van der Waals surface area contributed by atoms with Crippen LogP contribution < -0.4 is 21.5 Å². The minimum Gasteiger partial charge on any atom is -0.506 e. The second kappa shape index (κ2) is 24.3. The van der Waals surface area contributed by atoms with E-state index in [1.54, 1.807) is 17.0 Å². The van der Waals surface area contributed by atoms with Gasteiger partial charge < -0.3 is 39.7 Å². The van der Waals surface area contributed by atoms with Crippen LogP contribution in [0.1, 0.15) is 69.6 Å². The number of aromatic nitrogens is 1. The molecule has 64 heavy (non-hydrogen) atoms. The van der Waals surface area contributed by atoms with Gasteiger partial charge in [0.15, 0.2) is 8.32 Å². The second-order valence-corrected chi connectivity index (χ2v) is 21.6. The van der Waals surface area contributed by atoms with Crippen molar-refractivity contribution in [3.05, 3.63) is 125 Å². The number of amides is 3. The third-order valence-corrected chi connectivity index (χ3v) is 11.8. The highest BCUT2D eigenvalue weighted by Crippen LogP contribution is 2.32. The molecular formula is C50H66N6O7Si. The first kappa shape index (κ1) is 49.2. The number of pyridine rings is 1. The van der Waals surface area contributed by atoms with Gasteiger partial charge in [-0.3, -0.25) is 19.7 Å². The molecule has 1 atom stereocenters. The van der Waals surface area contributed by atoms with E-state index in [0.29, 0.717) is 31.4 Å². The Balaban J connectivity index is 0.000000241. The highest BCUT2D eigenvalue weighted by Gasteiger charge is 2.25. The molecule has 1 fully saturated rings. The predicted molar refractivity (Wildman–Crippen MR) is 259 cm³/mol. The van der Waals surface area contributed by atoms with Crippen molar-refractivity contribution < 1.29 is 28.7 Å². The van der Waals surface area contributed by atoms with E-state index in [9.17, 15) is 24.3 Å². The summed E-state index contributed by atoms with van der Waals surface area (Å²) < 4.78 is 12.2. The molecule has 14 heteroatoms. The summed E-state index contributed by atoms with van der Waals surface area (Å²) in [4.78, 5) is 54.9. The highest BCUT2D eigenvalue weighted by molar-refractivity contribution is 6.69. The standard InChI is InChI=1S/C25H33N3O4Si.C25H33N3O3/c1-5-6-23(30)27-18-9-7-17(8-10-18)15-26-16-22(32-33(2,3)4)19-11-13-21(29)25-20(19)12-14-24(31)28-25;1-3-16-27(2)24(29)15-19-28-17-13-21(14-18-28)31-25(30)26-23-12-8-7-11-22(23)20-9-5-4-6-10-20/h7-14,22,26,29H,5-6,15-16H2,1-4H3,(H,27,30)(H,28,31);4-12,21H,3,13-19H2,1-2H3,(H,26,30)/t22-;/m0./s1. The lowest BCUT2D eigenvalue weighted by Crippen LogP contribution is -2.40. The maximum atomic E-state index is 12.5. The summed E-state index contributed by atoms with van der Waals surface area (Å²) in [6.07, 6.45) is 3.67. The molecule has 2 heterocycles. The molecule has 0 aliphatic carbocycles. The minimum absolute atomic E-state index is 0.0252. The number of hydrogen-bond acceptors (Lipinski definition) is 9. The van der Waals surface area contributed by atoms with Crippen LogP contribution in [0.3, 0.4) is 0 Å². The topological polar surface area (TPSA) is 165 Å². The number of benzene rings is 4. The van der Waals surface area contributed by atoms with Crippen molar-refractivity contribution in [2.75, 3.05) is 50.4 Å². The number of carbonyl (C=O) groups excluding carboxylic acids is 3. The molecule has 0 radical (unpaired) electrons. The molecule has 5 aromatic rings. The SMILES string of the molecule is CCCC(=O)Nc1ccc(CNC[C@H](O[Si](C)(C)C)c2ccc(O)c3[nH]c(=O)ccc23)cc1.CCCN(C)C(=O)CCN1CCC(OC(=O)Nc2ccccc2-c2ccccc2)CC1. The van der Waals surface area contributed by atoms with E-state index in [1.165, 1.54) is 6.07 Å². The Morgan fingerprint density at radius 3 is 2.25 bits per heavy atom. The first-order valence-electron chi connectivity index (χ1n) is 22.4. The number of nitrogens with one attached hydrogen (secondary N) is 4. The smallest absolute Gasteiger partial charge is 0.411 e. The number of phenolic OH excluding ortho intramolecular Hbond substituents is 1. The molecule has 0 bridgehead atoms. The van der Waals surface area contributed by atoms with Gasteiger partial charge in [0.1, 0.15) is 11.9 Å². The number of phenols is 1. The van der Waals surface area contributed by atoms with Gasteiger partial charge >= 0.3 is 6.09 Å². The number of likely N-dealkylation sites (tertiary alicyclic amines) is 1. The first-order chi connectivity index (χ1) is 30.7. The van der Waals surface area contributed by atoms with Crippen molar-refractivity contribution in [1.82, 2.24) is 20.1 Å². The van der Waals surface area contributed by atoms with E-state index >= 15 is 0 Å². The fraction of sp³-hybridized carbons (Fsp3) is 0.400. The Labute approximate surface area is 378 Å². The summed E-state index contributed by atoms with van der Waals surface area (Å²) in [6.45, 7) is 14.9. The van der Waals surface area contributed by atoms with Gasteiger partial charge in [-0.05, 0) is 92.3 Å². The third-order valence-electron chi connectivity index (χ3n) is 10.8. The molecule has 0 unspecified atom stereocenters. The average molecular weight is 891 g/mol. The summed E-state index contributed by atoms with van der Waals surface area (Å²) in [5.74, 6) is 0.256. The number of hydrogen-bond donors (Lipinski definition) is 5. The van der Waals surface area contributed by atoms with Crippen LogP contribution >= 0.6 is 0 Å². The fourth-order valence-corrected chi connectivity index (χ4v) is 8.66. The van der Waals surface area contributed by atoms with Gasteiger partial charge in [0.2, 0.25) is 17.4 Å². The molecule has 0 saturated carbocycles. The summed E-state index contributed by atoms with van der Waals surface area (Å²) >= 11 is 0. The number of carbonyl (C=O) groups is 3. The Hall–Kier alpha value is -5.80. The van der Waals surface area contributed by atoms with Gasteiger partial charge in [-0.15, -0.1) is 0 Å². The lowest BCUT2D eigenvalue weighted by molar-refractivity contribution is -0.130. The molecule has 13 nitrogen and oxygen atoms in total. The zero-order valence-corrected chi connectivity index (χ0v) is 39.2. The van der Waals surface area contributed by atoms with Gasteiger partial charge in [0, 0.05) is 81.9 Å². The van der Waals surface area contributed by atoms with Crippen molar-refractivity contribution in [1.29, 1.82) is 0 Å². The molecular weight excluding hydrogens is 825 g/mol. The summed E-state index contributed by atoms with van der Waals surface area (Å²) in [5.41, 5.74) is 5.72. The fourth-order valence-electron chi connectivity index (χ4n) is 7.59. The molecule has 0 spiro atoms. The van der Waals surface area contributed by atoms with Crippen molar-refractivity contribution in [3.63, 3.8) is 0 Å². The van der Waals surface area contributed by atoms with Crippen LogP contribution in [0.15, 0.2) is 108 Å². The normalized spacial score (nSPS) is 13.7. The number of H-pyrrole nitrogens is 1. The van der Waals surface area contributed by atoms with Crippen LogP contribution in [0.25, 0.3) is 22.0 Å². The minimum atomic E-state index is -1.89. The van der Waals surface area contributed by atoms with Crippen molar-refractivity contribution in [3.8, 4) is 16.9 Å². The van der Waals surface area contributed by atoms with Crippen LogP contribution in [0.5, 0.6) is 5.75 Å². The van der Waals surface area contributed by atoms with Gasteiger partial charge in [-0.2, -0.15) is 0 Å². The zero-order valence-electron chi connectivity index (χ0n) is 38.2. The third kappa shape index (κ3) is 15.5. The highest BCUT2D eigenvalue weighted by atomic mass is 28.4. The van der Waals surface area contributed by atoms with E-state index in [4.69, 9.17) is 9.16 Å². The first-order valence-corrected chi connectivity index (χ1v) is 25.8. The number of anilines is 2. The van der Waals surface area contributed by atoms with Crippen LogP contribution in [0.2, 0.25) is 19.6 Å². The molecule has 4 aromatic carbocycles. The van der Waals surface area contributed by atoms with Crippen molar-refractivity contribution in [2.24, 2.45) is 0 Å². The molecule has 1 aliphatic heterocycles. The number of fused-ring (bicyclic) bond motifs is 1. The molecule has 1 aromatic heterocycles. The molecule has 342 valence electrons. The molecule has 5 N–H and O–H groups in total. The number of nitrogens with zero attached hydrogens (tertiary/aromatic N) is 2. The predicted octanol–water partition coefficient (Wildman–Crippen LogP) is 9.28. The van der Waals surface area contributed by atoms with E-state index in [0.717, 1.165) is 90.9 Å². The summed E-state index contributed by atoms with van der Waals surface area (Å²) in [5, 5.41) is 20.3. The number of piperidine rings is 1. The van der Waals surface area contributed by atoms with Gasteiger partial charge in [-0.25, -0.2) is 4.79 Å². The lowest BCUT2D eigenvalue weighted by Gasteiger charge is -2.31. The van der Waals surface area contributed by atoms with Crippen LogP contribution in [-0.4, -0.2) is 92.0 Å². The summed E-state index contributed by atoms with van der Waals surface area (Å²) in [7, 11) is -0.0274. The van der Waals surface area contributed by atoms with Crippen molar-refractivity contribution in [2.45, 2.75) is 90.8 Å². The van der Waals surface area contributed by atoms with E-state index in [1.807, 2.05) is 98.9 Å². The quantitative estimate of drug-likeness (QED) is 0.0540. The zero-order chi connectivity index (χ0) is 46.1. The number of aromatic hydroxyl groups is 1. The monoisotopic (exact) mass is 890 g/mol. The van der Waals surface area contributed by atoms with Gasteiger partial charge in [0.05, 0.1) is 17.3 Å². The molecule has 3 amide bonds. The lowest BCUT2D eigenvalue weighted by atomic mass is 10.0. The second-order valence-electron chi connectivity index (χ2n) is 17.2. The maximum Gasteiger partial charge on any atom is 0.411 e. The van der Waals surface area contributed by atoms with Gasteiger partial charge in [0.25, 0.3) is 0 Å². The van der Waals surface area contributed by atoms with Gasteiger partial charge in [-0.1, -0.05) is 80.6 Å². The molecule has 1 saturated heterocycles. The van der Waals surface area contributed by atoms with E-state index < -0.39 is 14.4 Å². The van der Waals surface area contributed by atoms with Crippen LogP contribution in [-0.2, 0) is 25.3 Å². The maximum absolute atomic E-state index is 12.5. The number of ether oxygens (including phenoxy) is 1. The Morgan fingerprint density at radius 1 is 0.859 bits per heavy atom. The Morgan fingerprint density at radius 2 is 1.56 bits per heavy atom. The number of rotatable bonds is 18.